The molecule has 0 aromatic rings. The molecule has 1 atom stereocenters. The highest BCUT2D eigenvalue weighted by atomic mass is 16.6. The molecule has 0 aromatic carbocycles. The van der Waals surface area contributed by atoms with Gasteiger partial charge >= 0.3 is 17.9 Å². The van der Waals surface area contributed by atoms with Crippen LogP contribution in [0.4, 0.5) is 0 Å². The molecule has 0 rings (SSSR count). The van der Waals surface area contributed by atoms with Crippen LogP contribution in [0.15, 0.2) is 48.6 Å². The van der Waals surface area contributed by atoms with Crippen LogP contribution in [0.2, 0.25) is 0 Å². The fourth-order valence-electron chi connectivity index (χ4n) is 7.90. The first-order chi connectivity index (χ1) is 31.5. The van der Waals surface area contributed by atoms with E-state index in [1.165, 1.54) is 186 Å². The minimum absolute atomic E-state index is 0.0893. The molecule has 0 fully saturated rings. The topological polar surface area (TPSA) is 78.9 Å². The Morgan fingerprint density at radius 3 is 1.08 bits per heavy atom. The Morgan fingerprint density at radius 2 is 0.641 bits per heavy atom. The van der Waals surface area contributed by atoms with Crippen molar-refractivity contribution in [2.75, 3.05) is 13.2 Å². The molecular formula is C58H104O6. The second kappa shape index (κ2) is 53.0. The average Bonchev–Trinajstić information content (AvgIpc) is 3.29. The summed E-state index contributed by atoms with van der Waals surface area (Å²) in [5.41, 5.74) is 0. The zero-order valence-electron chi connectivity index (χ0n) is 42.6. The number of hydrogen-bond donors (Lipinski definition) is 0. The van der Waals surface area contributed by atoms with Crippen LogP contribution in [-0.2, 0) is 28.6 Å². The number of unbranched alkanes of at least 4 members (excludes halogenated alkanes) is 32. The van der Waals surface area contributed by atoms with E-state index in [2.05, 4.69) is 63.3 Å². The van der Waals surface area contributed by atoms with Gasteiger partial charge in [0.05, 0.1) is 0 Å². The van der Waals surface area contributed by atoms with E-state index in [9.17, 15) is 14.4 Å². The standard InChI is InChI=1S/C58H104O6/c1-4-7-10-13-16-19-22-25-27-28-29-30-31-34-36-39-42-45-48-51-57(60)63-54-55(53-62-56(59)50-47-44-41-38-35-32-24-21-18-15-12-9-6-3)64-58(61)52-49-46-43-40-37-33-26-23-20-17-14-11-8-5-2/h16,19,22,25,32,35,41,44,55H,4-15,17-18,20-21,23-24,26-31,33-34,36-40,42-43,45-54H2,1-3H3/b19-16-,25-22-,35-32-,44-41-. The smallest absolute Gasteiger partial charge is 0.306 e. The van der Waals surface area contributed by atoms with E-state index >= 15 is 0 Å². The van der Waals surface area contributed by atoms with Crippen molar-refractivity contribution >= 4 is 17.9 Å². The van der Waals surface area contributed by atoms with Gasteiger partial charge in [-0.3, -0.25) is 14.4 Å². The Morgan fingerprint density at radius 1 is 0.328 bits per heavy atom. The highest BCUT2D eigenvalue weighted by Gasteiger charge is 2.19. The van der Waals surface area contributed by atoms with Gasteiger partial charge in [0.15, 0.2) is 6.10 Å². The summed E-state index contributed by atoms with van der Waals surface area (Å²) in [6.07, 6.45) is 63.9. The maximum Gasteiger partial charge on any atom is 0.306 e. The third-order valence-electron chi connectivity index (χ3n) is 12.1. The Bertz CT molecular complexity index is 1120. The molecule has 0 aliphatic carbocycles. The van der Waals surface area contributed by atoms with E-state index in [1.807, 2.05) is 6.08 Å². The van der Waals surface area contributed by atoms with Gasteiger partial charge in [-0.05, 0) is 64.2 Å². The summed E-state index contributed by atoms with van der Waals surface area (Å²) in [6, 6.07) is 0. The van der Waals surface area contributed by atoms with Crippen LogP contribution in [0.1, 0.15) is 284 Å². The Kier molecular flexibility index (Phi) is 50.8. The fraction of sp³-hybridized carbons (Fsp3) is 0.810. The zero-order chi connectivity index (χ0) is 46.5. The molecule has 64 heavy (non-hydrogen) atoms. The molecule has 372 valence electrons. The van der Waals surface area contributed by atoms with Crippen LogP contribution in [0, 0.1) is 0 Å². The first-order valence-electron chi connectivity index (χ1n) is 27.7. The van der Waals surface area contributed by atoms with Crippen molar-refractivity contribution < 1.29 is 28.6 Å². The summed E-state index contributed by atoms with van der Waals surface area (Å²) in [5.74, 6) is -0.951. The maximum atomic E-state index is 12.8. The number of carbonyl (C=O) groups excluding carboxylic acids is 3. The number of hydrogen-bond acceptors (Lipinski definition) is 6. The molecule has 1 unspecified atom stereocenters. The van der Waals surface area contributed by atoms with Gasteiger partial charge in [-0.15, -0.1) is 0 Å². The molecule has 0 heterocycles. The third kappa shape index (κ3) is 50.4. The van der Waals surface area contributed by atoms with Crippen molar-refractivity contribution in [3.63, 3.8) is 0 Å². The summed E-state index contributed by atoms with van der Waals surface area (Å²) >= 11 is 0. The van der Waals surface area contributed by atoms with Crippen LogP contribution in [-0.4, -0.2) is 37.2 Å². The highest BCUT2D eigenvalue weighted by Crippen LogP contribution is 2.16. The number of ether oxygens (including phenoxy) is 3. The molecule has 0 aliphatic rings. The predicted molar refractivity (Wildman–Crippen MR) is 275 cm³/mol. The Hall–Kier alpha value is -2.63. The highest BCUT2D eigenvalue weighted by molar-refractivity contribution is 5.71. The van der Waals surface area contributed by atoms with Gasteiger partial charge in [0.2, 0.25) is 0 Å². The lowest BCUT2D eigenvalue weighted by molar-refractivity contribution is -0.166. The van der Waals surface area contributed by atoms with E-state index in [0.29, 0.717) is 19.3 Å². The summed E-state index contributed by atoms with van der Waals surface area (Å²) < 4.78 is 16.8. The normalized spacial score (nSPS) is 12.4. The average molecular weight is 897 g/mol. The van der Waals surface area contributed by atoms with Gasteiger partial charge in [-0.25, -0.2) is 0 Å². The van der Waals surface area contributed by atoms with Crippen LogP contribution in [0.25, 0.3) is 0 Å². The van der Waals surface area contributed by atoms with E-state index in [-0.39, 0.29) is 37.5 Å². The summed E-state index contributed by atoms with van der Waals surface area (Å²) in [6.45, 7) is 6.57. The van der Waals surface area contributed by atoms with Crippen molar-refractivity contribution in [1.29, 1.82) is 0 Å². The number of carbonyl (C=O) groups is 3. The molecular weight excluding hydrogens is 793 g/mol. The molecule has 6 heteroatoms. The van der Waals surface area contributed by atoms with Gasteiger partial charge in [0.1, 0.15) is 13.2 Å². The van der Waals surface area contributed by atoms with Gasteiger partial charge in [-0.2, -0.15) is 0 Å². The van der Waals surface area contributed by atoms with Crippen molar-refractivity contribution in [2.45, 2.75) is 290 Å². The first kappa shape index (κ1) is 61.4. The van der Waals surface area contributed by atoms with Crippen molar-refractivity contribution in [1.82, 2.24) is 0 Å². The predicted octanol–water partition coefficient (Wildman–Crippen LogP) is 18.3. The van der Waals surface area contributed by atoms with Crippen LogP contribution in [0.3, 0.4) is 0 Å². The molecule has 0 saturated carbocycles. The SMILES string of the molecule is CCCCC/C=C\C=C/CCCCCCCCCCCCC(=O)OCC(COC(=O)CC/C=C\C/C=C\CCCCCCCC)OC(=O)CCCCCCCCCCCCCCCC. The molecule has 0 radical (unpaired) electrons. The lowest BCUT2D eigenvalue weighted by atomic mass is 10.0. The van der Waals surface area contributed by atoms with Crippen LogP contribution < -0.4 is 0 Å². The molecule has 0 N–H and O–H groups in total. The van der Waals surface area contributed by atoms with Gasteiger partial charge in [0, 0.05) is 19.3 Å². The van der Waals surface area contributed by atoms with E-state index in [0.717, 1.165) is 51.4 Å². The van der Waals surface area contributed by atoms with E-state index < -0.39 is 6.10 Å². The van der Waals surface area contributed by atoms with Crippen molar-refractivity contribution in [3.05, 3.63) is 48.6 Å². The molecule has 0 aromatic heterocycles. The largest absolute Gasteiger partial charge is 0.462 e. The molecule has 0 amide bonds. The van der Waals surface area contributed by atoms with Gasteiger partial charge in [-0.1, -0.05) is 249 Å². The fourth-order valence-corrected chi connectivity index (χ4v) is 7.90. The summed E-state index contributed by atoms with van der Waals surface area (Å²) in [5, 5.41) is 0. The van der Waals surface area contributed by atoms with E-state index in [4.69, 9.17) is 14.2 Å². The second-order valence-corrected chi connectivity index (χ2v) is 18.5. The van der Waals surface area contributed by atoms with Gasteiger partial charge < -0.3 is 14.2 Å². The molecule has 6 nitrogen and oxygen atoms in total. The minimum atomic E-state index is -0.793. The quantitative estimate of drug-likeness (QED) is 0.0199. The summed E-state index contributed by atoms with van der Waals surface area (Å²) in [4.78, 5) is 38.0. The van der Waals surface area contributed by atoms with Crippen LogP contribution in [0.5, 0.6) is 0 Å². The first-order valence-corrected chi connectivity index (χ1v) is 27.7. The number of esters is 3. The lowest BCUT2D eigenvalue weighted by Gasteiger charge is -2.18. The molecule has 0 aliphatic heterocycles. The number of rotatable bonds is 50. The van der Waals surface area contributed by atoms with Crippen molar-refractivity contribution in [2.24, 2.45) is 0 Å². The maximum absolute atomic E-state index is 12.8. The molecule has 0 spiro atoms. The third-order valence-corrected chi connectivity index (χ3v) is 12.1. The lowest BCUT2D eigenvalue weighted by Crippen LogP contribution is -2.30. The Labute approximate surface area is 397 Å². The minimum Gasteiger partial charge on any atom is -0.462 e. The molecule has 0 saturated heterocycles. The summed E-state index contributed by atoms with van der Waals surface area (Å²) in [7, 11) is 0. The Balaban J connectivity index is 4.38. The monoisotopic (exact) mass is 897 g/mol. The molecule has 0 bridgehead atoms. The number of allylic oxidation sites excluding steroid dienone is 8. The second-order valence-electron chi connectivity index (χ2n) is 18.5. The zero-order valence-corrected chi connectivity index (χ0v) is 42.6. The van der Waals surface area contributed by atoms with Gasteiger partial charge in [0.25, 0.3) is 0 Å². The van der Waals surface area contributed by atoms with Crippen LogP contribution >= 0.6 is 0 Å². The van der Waals surface area contributed by atoms with E-state index in [1.54, 1.807) is 0 Å². The van der Waals surface area contributed by atoms with Crippen molar-refractivity contribution in [3.8, 4) is 0 Å².